The first kappa shape index (κ1) is 18.4. The fraction of sp³-hybridized carbons (Fsp3) is 0.304. The van der Waals surface area contributed by atoms with Crippen LogP contribution >= 0.6 is 0 Å². The van der Waals surface area contributed by atoms with Crippen LogP contribution in [-0.4, -0.2) is 10.1 Å². The molecule has 2 N–H and O–H groups in total. The Kier molecular flexibility index (Phi) is 5.58. The number of aliphatic hydroxyl groups excluding tert-OH is 1. The van der Waals surface area contributed by atoms with Crippen molar-refractivity contribution in [3.63, 3.8) is 0 Å². The SMILES string of the molecule is CC(C)(CCc1ccc(F)cc1)C(c1ccc[nH]1)C(O)c1ccccc1. The molecule has 0 saturated carbocycles. The number of hydrogen-bond donors (Lipinski definition) is 2. The average Bonchev–Trinajstić information content (AvgIpc) is 3.16. The predicted octanol–water partition coefficient (Wildman–Crippen LogP) is 5.63. The zero-order valence-corrected chi connectivity index (χ0v) is 15.3. The van der Waals surface area contributed by atoms with Crippen LogP contribution in [0.4, 0.5) is 4.39 Å². The minimum Gasteiger partial charge on any atom is -0.388 e. The molecule has 2 atom stereocenters. The molecule has 0 spiro atoms. The summed E-state index contributed by atoms with van der Waals surface area (Å²) < 4.78 is 13.1. The topological polar surface area (TPSA) is 36.0 Å². The molecule has 2 unspecified atom stereocenters. The lowest BCUT2D eigenvalue weighted by Crippen LogP contribution is -2.29. The molecule has 3 heteroatoms. The summed E-state index contributed by atoms with van der Waals surface area (Å²) >= 11 is 0. The zero-order valence-electron chi connectivity index (χ0n) is 15.3. The lowest BCUT2D eigenvalue weighted by molar-refractivity contribution is 0.0743. The molecule has 3 rings (SSSR count). The maximum Gasteiger partial charge on any atom is 0.123 e. The van der Waals surface area contributed by atoms with Crippen molar-refractivity contribution in [3.05, 3.63) is 95.6 Å². The van der Waals surface area contributed by atoms with E-state index < -0.39 is 6.10 Å². The molecule has 136 valence electrons. The minimum atomic E-state index is -0.599. The monoisotopic (exact) mass is 351 g/mol. The van der Waals surface area contributed by atoms with Crippen LogP contribution in [0, 0.1) is 11.2 Å². The normalized spacial score (nSPS) is 14.2. The predicted molar refractivity (Wildman–Crippen MR) is 103 cm³/mol. The van der Waals surface area contributed by atoms with Crippen molar-refractivity contribution >= 4 is 0 Å². The summed E-state index contributed by atoms with van der Waals surface area (Å²) in [7, 11) is 0. The third-order valence-electron chi connectivity index (χ3n) is 5.23. The standard InChI is InChI=1S/C23H26FNO/c1-23(2,15-14-17-10-12-19(24)13-11-17)21(20-9-6-16-25-20)22(26)18-7-4-3-5-8-18/h3-13,16,21-22,25-26H,14-15H2,1-2H3. The highest BCUT2D eigenvalue weighted by Gasteiger charge is 2.37. The number of aromatic nitrogens is 1. The van der Waals surface area contributed by atoms with Gasteiger partial charge in [-0.15, -0.1) is 0 Å². The Morgan fingerprint density at radius 3 is 2.27 bits per heavy atom. The number of hydrogen-bond acceptors (Lipinski definition) is 1. The molecule has 3 aromatic rings. The van der Waals surface area contributed by atoms with E-state index in [-0.39, 0.29) is 17.2 Å². The number of rotatable bonds is 7. The van der Waals surface area contributed by atoms with Crippen molar-refractivity contribution < 1.29 is 9.50 Å². The van der Waals surface area contributed by atoms with Gasteiger partial charge >= 0.3 is 0 Å². The molecule has 0 aliphatic heterocycles. The highest BCUT2D eigenvalue weighted by Crippen LogP contribution is 2.46. The van der Waals surface area contributed by atoms with E-state index in [2.05, 4.69) is 18.8 Å². The van der Waals surface area contributed by atoms with Crippen LogP contribution in [0.2, 0.25) is 0 Å². The van der Waals surface area contributed by atoms with Crippen LogP contribution in [0.15, 0.2) is 72.9 Å². The van der Waals surface area contributed by atoms with E-state index in [0.717, 1.165) is 29.7 Å². The summed E-state index contributed by atoms with van der Waals surface area (Å²) in [5.74, 6) is -0.280. The molecule has 1 aromatic heterocycles. The van der Waals surface area contributed by atoms with Crippen molar-refractivity contribution in [2.75, 3.05) is 0 Å². The number of aliphatic hydroxyl groups is 1. The smallest absolute Gasteiger partial charge is 0.123 e. The first-order valence-corrected chi connectivity index (χ1v) is 9.08. The Labute approximate surface area is 154 Å². The van der Waals surface area contributed by atoms with Gasteiger partial charge < -0.3 is 10.1 Å². The van der Waals surface area contributed by atoms with Gasteiger partial charge in [-0.25, -0.2) is 4.39 Å². The average molecular weight is 351 g/mol. The van der Waals surface area contributed by atoms with Gasteiger partial charge in [-0.2, -0.15) is 0 Å². The Balaban J connectivity index is 1.84. The van der Waals surface area contributed by atoms with E-state index in [1.54, 1.807) is 0 Å². The van der Waals surface area contributed by atoms with Crippen molar-refractivity contribution in [3.8, 4) is 0 Å². The number of H-pyrrole nitrogens is 1. The lowest BCUT2D eigenvalue weighted by atomic mass is 9.69. The van der Waals surface area contributed by atoms with Gasteiger partial charge in [0.25, 0.3) is 0 Å². The second-order valence-electron chi connectivity index (χ2n) is 7.57. The van der Waals surface area contributed by atoms with Crippen molar-refractivity contribution in [1.82, 2.24) is 4.98 Å². The van der Waals surface area contributed by atoms with Gasteiger partial charge in [-0.3, -0.25) is 0 Å². The van der Waals surface area contributed by atoms with Gasteiger partial charge in [-0.05, 0) is 53.6 Å². The summed E-state index contributed by atoms with van der Waals surface area (Å²) in [6, 6.07) is 20.5. The van der Waals surface area contributed by atoms with Crippen molar-refractivity contribution in [2.24, 2.45) is 5.41 Å². The number of aromatic amines is 1. The molecule has 2 nitrogen and oxygen atoms in total. The first-order chi connectivity index (χ1) is 12.5. The molecular formula is C23H26FNO. The summed E-state index contributed by atoms with van der Waals surface area (Å²) in [4.78, 5) is 3.29. The first-order valence-electron chi connectivity index (χ1n) is 9.08. The molecule has 0 bridgehead atoms. The summed E-state index contributed by atoms with van der Waals surface area (Å²) in [5.41, 5.74) is 2.90. The van der Waals surface area contributed by atoms with E-state index in [1.165, 1.54) is 12.1 Å². The minimum absolute atomic E-state index is 0.0691. The molecule has 26 heavy (non-hydrogen) atoms. The van der Waals surface area contributed by atoms with Gasteiger partial charge in [0.15, 0.2) is 0 Å². The Morgan fingerprint density at radius 1 is 0.962 bits per heavy atom. The summed E-state index contributed by atoms with van der Waals surface area (Å²) in [5, 5.41) is 11.2. The summed E-state index contributed by atoms with van der Waals surface area (Å²) in [6.07, 6.45) is 3.02. The van der Waals surface area contributed by atoms with Crippen LogP contribution < -0.4 is 0 Å². The summed E-state index contributed by atoms with van der Waals surface area (Å²) in [6.45, 7) is 4.38. The van der Waals surface area contributed by atoms with E-state index in [9.17, 15) is 9.50 Å². The molecule has 0 aliphatic carbocycles. The van der Waals surface area contributed by atoms with Crippen LogP contribution in [0.25, 0.3) is 0 Å². The van der Waals surface area contributed by atoms with Gasteiger partial charge in [0.05, 0.1) is 6.10 Å². The number of halogens is 1. The zero-order chi connectivity index (χ0) is 18.6. The fourth-order valence-corrected chi connectivity index (χ4v) is 3.67. The molecule has 0 aliphatic rings. The molecule has 0 amide bonds. The number of benzene rings is 2. The van der Waals surface area contributed by atoms with Crippen LogP contribution in [0.1, 0.15) is 49.1 Å². The lowest BCUT2D eigenvalue weighted by Gasteiger charge is -2.37. The second kappa shape index (κ2) is 7.88. The molecule has 0 saturated heterocycles. The van der Waals surface area contributed by atoms with E-state index >= 15 is 0 Å². The van der Waals surface area contributed by atoms with E-state index in [1.807, 2.05) is 60.8 Å². The van der Waals surface area contributed by atoms with Gasteiger partial charge in [-0.1, -0.05) is 56.3 Å². The van der Waals surface area contributed by atoms with E-state index in [0.29, 0.717) is 0 Å². The second-order valence-corrected chi connectivity index (χ2v) is 7.57. The molecular weight excluding hydrogens is 325 g/mol. The Bertz CT molecular complexity index is 794. The van der Waals surface area contributed by atoms with Crippen LogP contribution in [0.5, 0.6) is 0 Å². The quantitative estimate of drug-likeness (QED) is 0.568. The molecule has 2 aromatic carbocycles. The molecule has 0 fully saturated rings. The number of aryl methyl sites for hydroxylation is 1. The van der Waals surface area contributed by atoms with E-state index in [4.69, 9.17) is 0 Å². The maximum atomic E-state index is 13.1. The van der Waals surface area contributed by atoms with Crippen LogP contribution in [-0.2, 0) is 6.42 Å². The Hall–Kier alpha value is -2.39. The Morgan fingerprint density at radius 2 is 1.65 bits per heavy atom. The number of nitrogens with one attached hydrogen (secondary N) is 1. The third-order valence-corrected chi connectivity index (χ3v) is 5.23. The highest BCUT2D eigenvalue weighted by atomic mass is 19.1. The third kappa shape index (κ3) is 4.23. The van der Waals surface area contributed by atoms with Crippen molar-refractivity contribution in [2.45, 2.75) is 38.7 Å². The van der Waals surface area contributed by atoms with Crippen molar-refractivity contribution in [1.29, 1.82) is 0 Å². The van der Waals surface area contributed by atoms with Gasteiger partial charge in [0.2, 0.25) is 0 Å². The fourth-order valence-electron chi connectivity index (χ4n) is 3.67. The maximum absolute atomic E-state index is 13.1. The van der Waals surface area contributed by atoms with Gasteiger partial charge in [0, 0.05) is 17.8 Å². The van der Waals surface area contributed by atoms with Crippen LogP contribution in [0.3, 0.4) is 0 Å². The molecule has 0 radical (unpaired) electrons. The molecule has 1 heterocycles. The largest absolute Gasteiger partial charge is 0.388 e. The van der Waals surface area contributed by atoms with Gasteiger partial charge in [0.1, 0.15) is 5.82 Å². The highest BCUT2D eigenvalue weighted by molar-refractivity contribution is 5.25.